The molecule has 4 nitrogen and oxygen atoms in total. The van der Waals surface area contributed by atoms with Crippen molar-refractivity contribution in [2.45, 2.75) is 39.3 Å². The Hall–Kier alpha value is -1.10. The van der Waals surface area contributed by atoms with Gasteiger partial charge in [-0.15, -0.1) is 0 Å². The number of methoxy groups -OCH3 is 1. The fourth-order valence-corrected chi connectivity index (χ4v) is 2.81. The minimum Gasteiger partial charge on any atom is -0.496 e. The van der Waals surface area contributed by atoms with Crippen molar-refractivity contribution >= 4 is 0 Å². The highest BCUT2D eigenvalue weighted by Gasteiger charge is 2.27. The molecule has 1 saturated heterocycles. The van der Waals surface area contributed by atoms with E-state index in [1.165, 1.54) is 11.1 Å². The molecule has 0 spiro atoms. The second-order valence-corrected chi connectivity index (χ2v) is 5.59. The third-order valence-electron chi connectivity index (χ3n) is 3.95. The van der Waals surface area contributed by atoms with E-state index in [-0.39, 0.29) is 12.1 Å². The highest BCUT2D eigenvalue weighted by molar-refractivity contribution is 5.43. The smallest absolute Gasteiger partial charge is 0.122 e. The molecule has 4 heteroatoms. The van der Waals surface area contributed by atoms with Crippen LogP contribution in [0, 0.1) is 13.8 Å². The van der Waals surface area contributed by atoms with Crippen molar-refractivity contribution in [1.29, 1.82) is 0 Å². The molecule has 118 valence electrons. The molecule has 0 aromatic heterocycles. The Balaban J connectivity index is 2.28. The summed E-state index contributed by atoms with van der Waals surface area (Å²) in [7, 11) is 1.71. The number of hydrogen-bond acceptors (Lipinski definition) is 4. The van der Waals surface area contributed by atoms with Crippen LogP contribution in [0.15, 0.2) is 12.1 Å². The topological polar surface area (TPSA) is 39.7 Å². The van der Waals surface area contributed by atoms with Crippen LogP contribution in [0.4, 0.5) is 0 Å². The highest BCUT2D eigenvalue weighted by atomic mass is 16.6. The molecule has 21 heavy (non-hydrogen) atoms. The van der Waals surface area contributed by atoms with Crippen molar-refractivity contribution in [3.05, 3.63) is 28.8 Å². The molecule has 0 aliphatic carbocycles. The lowest BCUT2D eigenvalue weighted by atomic mass is 9.94. The van der Waals surface area contributed by atoms with Gasteiger partial charge in [0.05, 0.1) is 33.0 Å². The first kappa shape index (κ1) is 16.3. The van der Waals surface area contributed by atoms with Gasteiger partial charge in [0.25, 0.3) is 0 Å². The Morgan fingerprint density at radius 2 is 2.10 bits per heavy atom. The largest absolute Gasteiger partial charge is 0.496 e. The molecule has 0 bridgehead atoms. The van der Waals surface area contributed by atoms with Crippen LogP contribution in [-0.4, -0.2) is 39.6 Å². The first-order chi connectivity index (χ1) is 10.2. The lowest BCUT2D eigenvalue weighted by Crippen LogP contribution is -2.41. The molecule has 0 radical (unpaired) electrons. The maximum absolute atomic E-state index is 5.92. The van der Waals surface area contributed by atoms with E-state index in [4.69, 9.17) is 14.2 Å². The predicted octanol–water partition coefficient (Wildman–Crippen LogP) is 2.77. The van der Waals surface area contributed by atoms with Crippen LogP contribution >= 0.6 is 0 Å². The molecule has 1 aromatic rings. The van der Waals surface area contributed by atoms with Crippen LogP contribution in [-0.2, 0) is 9.47 Å². The Morgan fingerprint density at radius 1 is 1.29 bits per heavy atom. The van der Waals surface area contributed by atoms with E-state index in [1.54, 1.807) is 7.11 Å². The van der Waals surface area contributed by atoms with Gasteiger partial charge in [0, 0.05) is 0 Å². The first-order valence-corrected chi connectivity index (χ1v) is 7.75. The normalized spacial score (nSPS) is 20.3. The zero-order valence-electron chi connectivity index (χ0n) is 13.6. The van der Waals surface area contributed by atoms with Crippen molar-refractivity contribution in [3.63, 3.8) is 0 Å². The number of aryl methyl sites for hydroxylation is 2. The van der Waals surface area contributed by atoms with Gasteiger partial charge in [-0.1, -0.05) is 13.0 Å². The van der Waals surface area contributed by atoms with E-state index in [2.05, 4.69) is 38.2 Å². The molecule has 1 aliphatic rings. The third-order valence-corrected chi connectivity index (χ3v) is 3.95. The van der Waals surface area contributed by atoms with Gasteiger partial charge in [0.15, 0.2) is 0 Å². The van der Waals surface area contributed by atoms with Crippen molar-refractivity contribution in [1.82, 2.24) is 5.32 Å². The van der Waals surface area contributed by atoms with E-state index in [0.29, 0.717) is 19.8 Å². The van der Waals surface area contributed by atoms with E-state index in [0.717, 1.165) is 24.3 Å². The number of benzene rings is 1. The zero-order valence-corrected chi connectivity index (χ0v) is 13.6. The van der Waals surface area contributed by atoms with Gasteiger partial charge in [-0.3, -0.25) is 0 Å². The Labute approximate surface area is 127 Å². The van der Waals surface area contributed by atoms with Crippen LogP contribution < -0.4 is 10.1 Å². The summed E-state index contributed by atoms with van der Waals surface area (Å²) in [4.78, 5) is 0. The summed E-state index contributed by atoms with van der Waals surface area (Å²) in [6, 6.07) is 4.48. The minimum atomic E-state index is 0.0665. The number of nitrogens with one attached hydrogen (secondary N) is 1. The molecule has 2 rings (SSSR count). The molecule has 1 aliphatic heterocycles. The van der Waals surface area contributed by atoms with Gasteiger partial charge >= 0.3 is 0 Å². The average Bonchev–Trinajstić information content (AvgIpc) is 2.51. The molecule has 1 N–H and O–H groups in total. The molecule has 1 heterocycles. The van der Waals surface area contributed by atoms with Crippen LogP contribution in [0.5, 0.6) is 5.75 Å². The van der Waals surface area contributed by atoms with Gasteiger partial charge in [0.2, 0.25) is 0 Å². The first-order valence-electron chi connectivity index (χ1n) is 7.75. The lowest BCUT2D eigenvalue weighted by Gasteiger charge is -2.32. The summed E-state index contributed by atoms with van der Waals surface area (Å²) in [5.74, 6) is 0.936. The SMILES string of the molecule is CCCNC(c1cc(C)c(OC)cc1C)C1COCCO1. The van der Waals surface area contributed by atoms with Crippen molar-refractivity contribution in [3.8, 4) is 5.75 Å². The van der Waals surface area contributed by atoms with Crippen LogP contribution in [0.3, 0.4) is 0 Å². The molecular formula is C17H27NO3. The Morgan fingerprint density at radius 3 is 2.71 bits per heavy atom. The van der Waals surface area contributed by atoms with Crippen LogP contribution in [0.1, 0.15) is 36.1 Å². The minimum absolute atomic E-state index is 0.0665. The molecule has 2 atom stereocenters. The van der Waals surface area contributed by atoms with Crippen molar-refractivity contribution in [2.24, 2.45) is 0 Å². The van der Waals surface area contributed by atoms with E-state index >= 15 is 0 Å². The lowest BCUT2D eigenvalue weighted by molar-refractivity contribution is -0.102. The summed E-state index contributed by atoms with van der Waals surface area (Å²) in [5, 5.41) is 3.62. The molecule has 0 amide bonds. The quantitative estimate of drug-likeness (QED) is 0.875. The van der Waals surface area contributed by atoms with E-state index < -0.39 is 0 Å². The Kier molecular flexibility index (Phi) is 6.03. The van der Waals surface area contributed by atoms with Gasteiger partial charge in [-0.05, 0) is 49.6 Å². The van der Waals surface area contributed by atoms with Crippen LogP contribution in [0.2, 0.25) is 0 Å². The summed E-state index contributed by atoms with van der Waals surface area (Å²) in [6.07, 6.45) is 1.16. The number of rotatable bonds is 6. The molecule has 0 saturated carbocycles. The maximum Gasteiger partial charge on any atom is 0.122 e. The number of ether oxygens (including phenoxy) is 3. The summed E-state index contributed by atoms with van der Waals surface area (Å²) >= 11 is 0. The summed E-state index contributed by atoms with van der Waals surface area (Å²) < 4.78 is 16.9. The molecule has 1 fully saturated rings. The highest BCUT2D eigenvalue weighted by Crippen LogP contribution is 2.30. The molecular weight excluding hydrogens is 266 g/mol. The van der Waals surface area contributed by atoms with E-state index in [9.17, 15) is 0 Å². The Bertz CT molecular complexity index is 456. The standard InChI is InChI=1S/C17H27NO3/c1-5-6-18-17(16-11-20-7-8-21-16)14-9-13(3)15(19-4)10-12(14)2/h9-10,16-18H,5-8,11H2,1-4H3. The van der Waals surface area contributed by atoms with Crippen molar-refractivity contribution < 1.29 is 14.2 Å². The fraction of sp³-hybridized carbons (Fsp3) is 0.647. The monoisotopic (exact) mass is 293 g/mol. The van der Waals surface area contributed by atoms with Gasteiger partial charge in [-0.2, -0.15) is 0 Å². The predicted molar refractivity (Wildman–Crippen MR) is 84.1 cm³/mol. The zero-order chi connectivity index (χ0) is 15.2. The van der Waals surface area contributed by atoms with Crippen molar-refractivity contribution in [2.75, 3.05) is 33.5 Å². The maximum atomic E-state index is 5.92. The third kappa shape index (κ3) is 3.96. The second kappa shape index (κ2) is 7.78. The second-order valence-electron chi connectivity index (χ2n) is 5.59. The van der Waals surface area contributed by atoms with Crippen LogP contribution in [0.25, 0.3) is 0 Å². The number of hydrogen-bond donors (Lipinski definition) is 1. The summed E-state index contributed by atoms with van der Waals surface area (Å²) in [6.45, 7) is 9.36. The molecule has 2 unspecified atom stereocenters. The van der Waals surface area contributed by atoms with Gasteiger partial charge in [-0.25, -0.2) is 0 Å². The van der Waals surface area contributed by atoms with E-state index in [1.807, 2.05) is 0 Å². The summed E-state index contributed by atoms with van der Waals surface area (Å²) in [5.41, 5.74) is 3.65. The van der Waals surface area contributed by atoms with Gasteiger partial charge < -0.3 is 19.5 Å². The average molecular weight is 293 g/mol. The van der Waals surface area contributed by atoms with Gasteiger partial charge in [0.1, 0.15) is 11.9 Å². The molecule has 1 aromatic carbocycles. The fourth-order valence-electron chi connectivity index (χ4n) is 2.81.